The average molecular weight is 368 g/mol. The lowest BCUT2D eigenvalue weighted by Gasteiger charge is -2.18. The zero-order chi connectivity index (χ0) is 19.2. The SMILES string of the molecule is Cc1ccc(C(Cc2ncc[nH]2)OCc2ccc(-c3ccccc3)cc2)cc1. The van der Waals surface area contributed by atoms with E-state index in [0.29, 0.717) is 6.61 Å². The van der Waals surface area contributed by atoms with Crippen LogP contribution in [0.1, 0.15) is 28.6 Å². The van der Waals surface area contributed by atoms with Gasteiger partial charge in [0.2, 0.25) is 0 Å². The third-order valence-corrected chi connectivity index (χ3v) is 4.89. The van der Waals surface area contributed by atoms with Gasteiger partial charge in [-0.25, -0.2) is 4.98 Å². The van der Waals surface area contributed by atoms with Crippen LogP contribution in [0.3, 0.4) is 0 Å². The Bertz CT molecular complexity index is 975. The van der Waals surface area contributed by atoms with Gasteiger partial charge in [0.15, 0.2) is 0 Å². The lowest BCUT2D eigenvalue weighted by atomic mass is 10.0. The fraction of sp³-hybridized carbons (Fsp3) is 0.160. The third-order valence-electron chi connectivity index (χ3n) is 4.89. The van der Waals surface area contributed by atoms with E-state index in [1.165, 1.54) is 22.3 Å². The summed E-state index contributed by atoms with van der Waals surface area (Å²) < 4.78 is 6.31. The van der Waals surface area contributed by atoms with Crippen molar-refractivity contribution in [2.75, 3.05) is 0 Å². The van der Waals surface area contributed by atoms with Crippen molar-refractivity contribution >= 4 is 0 Å². The summed E-state index contributed by atoms with van der Waals surface area (Å²) >= 11 is 0. The van der Waals surface area contributed by atoms with E-state index in [9.17, 15) is 0 Å². The Morgan fingerprint density at radius 1 is 0.857 bits per heavy atom. The molecule has 28 heavy (non-hydrogen) atoms. The molecule has 0 radical (unpaired) electrons. The van der Waals surface area contributed by atoms with Crippen LogP contribution < -0.4 is 0 Å². The molecule has 0 saturated carbocycles. The summed E-state index contributed by atoms with van der Waals surface area (Å²) in [6.07, 6.45) is 4.31. The number of nitrogens with zero attached hydrogens (tertiary/aromatic N) is 1. The Morgan fingerprint density at radius 3 is 2.25 bits per heavy atom. The quantitative estimate of drug-likeness (QED) is 0.442. The Kier molecular flexibility index (Phi) is 5.64. The molecule has 4 rings (SSSR count). The van der Waals surface area contributed by atoms with E-state index < -0.39 is 0 Å². The molecule has 0 amide bonds. The number of aromatic amines is 1. The van der Waals surface area contributed by atoms with Gasteiger partial charge in [0, 0.05) is 18.8 Å². The molecule has 0 aliphatic carbocycles. The molecule has 0 saturated heterocycles. The van der Waals surface area contributed by atoms with Crippen molar-refractivity contribution < 1.29 is 4.74 Å². The lowest BCUT2D eigenvalue weighted by molar-refractivity contribution is 0.0387. The number of rotatable bonds is 7. The Morgan fingerprint density at radius 2 is 1.57 bits per heavy atom. The number of hydrogen-bond donors (Lipinski definition) is 1. The van der Waals surface area contributed by atoms with Crippen molar-refractivity contribution in [2.24, 2.45) is 0 Å². The van der Waals surface area contributed by atoms with Crippen LogP contribution in [0.25, 0.3) is 11.1 Å². The number of benzene rings is 3. The molecule has 3 nitrogen and oxygen atoms in total. The van der Waals surface area contributed by atoms with E-state index in [1.807, 2.05) is 12.3 Å². The first-order chi connectivity index (χ1) is 13.8. The fourth-order valence-electron chi connectivity index (χ4n) is 3.26. The summed E-state index contributed by atoms with van der Waals surface area (Å²) in [5.74, 6) is 0.935. The highest BCUT2D eigenvalue weighted by Crippen LogP contribution is 2.24. The van der Waals surface area contributed by atoms with Crippen LogP contribution in [0.2, 0.25) is 0 Å². The summed E-state index contributed by atoms with van der Waals surface area (Å²) in [6, 6.07) is 27.5. The average Bonchev–Trinajstić information content (AvgIpc) is 3.26. The minimum atomic E-state index is -0.0412. The molecule has 3 heteroatoms. The van der Waals surface area contributed by atoms with Gasteiger partial charge in [0.1, 0.15) is 5.82 Å². The molecule has 3 aromatic carbocycles. The monoisotopic (exact) mass is 368 g/mol. The molecule has 0 spiro atoms. The first kappa shape index (κ1) is 18.2. The van der Waals surface area contributed by atoms with E-state index in [-0.39, 0.29) is 6.10 Å². The van der Waals surface area contributed by atoms with Gasteiger partial charge in [0.25, 0.3) is 0 Å². The van der Waals surface area contributed by atoms with E-state index in [1.54, 1.807) is 6.20 Å². The minimum absolute atomic E-state index is 0.0412. The molecule has 4 aromatic rings. The maximum atomic E-state index is 6.31. The van der Waals surface area contributed by atoms with Crippen LogP contribution in [-0.4, -0.2) is 9.97 Å². The summed E-state index contributed by atoms with van der Waals surface area (Å²) in [4.78, 5) is 7.55. The van der Waals surface area contributed by atoms with E-state index in [2.05, 4.69) is 89.7 Å². The number of ether oxygens (including phenoxy) is 1. The van der Waals surface area contributed by atoms with Crippen LogP contribution in [0.4, 0.5) is 0 Å². The van der Waals surface area contributed by atoms with Crippen LogP contribution in [-0.2, 0) is 17.8 Å². The van der Waals surface area contributed by atoms with Crippen LogP contribution in [0, 0.1) is 6.92 Å². The van der Waals surface area contributed by atoms with Crippen LogP contribution >= 0.6 is 0 Å². The van der Waals surface area contributed by atoms with E-state index >= 15 is 0 Å². The molecule has 1 aromatic heterocycles. The second kappa shape index (κ2) is 8.68. The van der Waals surface area contributed by atoms with Crippen molar-refractivity contribution in [3.63, 3.8) is 0 Å². The van der Waals surface area contributed by atoms with Crippen molar-refractivity contribution in [1.29, 1.82) is 0 Å². The van der Waals surface area contributed by atoms with Crippen LogP contribution in [0.5, 0.6) is 0 Å². The lowest BCUT2D eigenvalue weighted by Crippen LogP contribution is -2.09. The number of aryl methyl sites for hydroxylation is 1. The third kappa shape index (κ3) is 4.56. The van der Waals surface area contributed by atoms with Gasteiger partial charge in [-0.1, -0.05) is 84.4 Å². The zero-order valence-corrected chi connectivity index (χ0v) is 16.0. The van der Waals surface area contributed by atoms with Gasteiger partial charge in [0.05, 0.1) is 12.7 Å². The first-order valence-corrected chi connectivity index (χ1v) is 9.59. The van der Waals surface area contributed by atoms with Gasteiger partial charge in [-0.3, -0.25) is 0 Å². The van der Waals surface area contributed by atoms with Gasteiger partial charge in [-0.15, -0.1) is 0 Å². The second-order valence-corrected chi connectivity index (χ2v) is 7.01. The highest BCUT2D eigenvalue weighted by Gasteiger charge is 2.15. The zero-order valence-electron chi connectivity index (χ0n) is 16.0. The summed E-state index contributed by atoms with van der Waals surface area (Å²) in [6.45, 7) is 2.66. The number of aromatic nitrogens is 2. The maximum Gasteiger partial charge on any atom is 0.108 e. The molecule has 1 atom stereocenters. The van der Waals surface area contributed by atoms with E-state index in [4.69, 9.17) is 4.74 Å². The Balaban J connectivity index is 1.47. The smallest absolute Gasteiger partial charge is 0.108 e. The predicted octanol–water partition coefficient (Wildman–Crippen LogP) is 5.89. The maximum absolute atomic E-state index is 6.31. The Hall–Kier alpha value is -3.17. The molecule has 1 heterocycles. The molecule has 0 aliphatic heterocycles. The van der Waals surface area contributed by atoms with Gasteiger partial charge in [-0.05, 0) is 29.2 Å². The van der Waals surface area contributed by atoms with Crippen molar-refractivity contribution in [3.05, 3.63) is 114 Å². The topological polar surface area (TPSA) is 37.9 Å². The minimum Gasteiger partial charge on any atom is -0.368 e. The van der Waals surface area contributed by atoms with Crippen molar-refractivity contribution in [1.82, 2.24) is 9.97 Å². The van der Waals surface area contributed by atoms with Crippen molar-refractivity contribution in [3.8, 4) is 11.1 Å². The van der Waals surface area contributed by atoms with E-state index in [0.717, 1.165) is 17.8 Å². The standard InChI is InChI=1S/C25H24N2O/c1-19-7-11-23(12-8-19)24(17-25-26-15-16-27-25)28-18-20-9-13-22(14-10-20)21-5-3-2-4-6-21/h2-16,24H,17-18H2,1H3,(H,26,27). The largest absolute Gasteiger partial charge is 0.368 e. The highest BCUT2D eigenvalue weighted by atomic mass is 16.5. The molecule has 140 valence electrons. The van der Waals surface area contributed by atoms with Crippen molar-refractivity contribution in [2.45, 2.75) is 26.1 Å². The summed E-state index contributed by atoms with van der Waals surface area (Å²) in [5.41, 5.74) is 6.02. The number of hydrogen-bond acceptors (Lipinski definition) is 2. The normalized spacial score (nSPS) is 12.0. The Labute approximate surface area is 166 Å². The number of imidazole rings is 1. The van der Waals surface area contributed by atoms with Gasteiger partial charge < -0.3 is 9.72 Å². The predicted molar refractivity (Wildman–Crippen MR) is 113 cm³/mol. The molecule has 0 bridgehead atoms. The molecular formula is C25H24N2O. The molecule has 0 aliphatic rings. The molecule has 1 unspecified atom stereocenters. The number of H-pyrrole nitrogens is 1. The molecule has 1 N–H and O–H groups in total. The highest BCUT2D eigenvalue weighted by molar-refractivity contribution is 5.63. The molecule has 0 fully saturated rings. The van der Waals surface area contributed by atoms with Gasteiger partial charge in [-0.2, -0.15) is 0 Å². The van der Waals surface area contributed by atoms with Gasteiger partial charge >= 0.3 is 0 Å². The summed E-state index contributed by atoms with van der Waals surface area (Å²) in [7, 11) is 0. The first-order valence-electron chi connectivity index (χ1n) is 9.59. The summed E-state index contributed by atoms with van der Waals surface area (Å²) in [5, 5.41) is 0. The number of nitrogens with one attached hydrogen (secondary N) is 1. The van der Waals surface area contributed by atoms with Crippen LogP contribution in [0.15, 0.2) is 91.3 Å². The fourth-order valence-corrected chi connectivity index (χ4v) is 3.26. The molecular weight excluding hydrogens is 344 g/mol. The second-order valence-electron chi connectivity index (χ2n) is 7.01.